The zero-order chi connectivity index (χ0) is 54.6. The smallest absolute Gasteiger partial charge is 0.271 e. The van der Waals surface area contributed by atoms with E-state index in [2.05, 4.69) is 67.1 Å². The number of nitrogens with zero attached hydrogens (tertiary/aromatic N) is 5. The van der Waals surface area contributed by atoms with Gasteiger partial charge in [-0.15, -0.1) is 22.7 Å². The van der Waals surface area contributed by atoms with Crippen LogP contribution in [0.3, 0.4) is 0 Å². The van der Waals surface area contributed by atoms with E-state index in [9.17, 15) is 48.9 Å². The Bertz CT molecular complexity index is 2510. The highest BCUT2D eigenvalue weighted by Gasteiger charge is 2.37. The average Bonchev–Trinajstić information content (AvgIpc) is 4.18. The van der Waals surface area contributed by atoms with E-state index in [-0.39, 0.29) is 59.7 Å². The molecule has 0 radical (unpaired) electrons. The second kappa shape index (κ2) is 29.3. The van der Waals surface area contributed by atoms with E-state index in [1.54, 1.807) is 10.8 Å². The summed E-state index contributed by atoms with van der Waals surface area (Å²) >= 11 is 2.60. The maximum Gasteiger partial charge on any atom is 0.271 e. The van der Waals surface area contributed by atoms with Crippen molar-refractivity contribution in [3.8, 4) is 10.7 Å². The third-order valence-electron chi connectivity index (χ3n) is 11.4. The zero-order valence-electron chi connectivity index (χ0n) is 41.4. The topological polar surface area (TPSA) is 475 Å². The number of rotatable bonds is 32. The molecule has 4 rings (SSSR count). The molecule has 0 spiro atoms. The number of thiazole rings is 2. The quantitative estimate of drug-likeness (QED) is 0.0207. The van der Waals surface area contributed by atoms with E-state index >= 15 is 0 Å². The minimum absolute atomic E-state index is 0.00160. The fourth-order valence-corrected chi connectivity index (χ4v) is 8.60. The van der Waals surface area contributed by atoms with Crippen LogP contribution in [0.2, 0.25) is 0 Å². The van der Waals surface area contributed by atoms with Crippen LogP contribution in [0.1, 0.15) is 102 Å². The Kier molecular flexibility index (Phi) is 23.7. The van der Waals surface area contributed by atoms with Crippen LogP contribution in [0.5, 0.6) is 0 Å². The van der Waals surface area contributed by atoms with Gasteiger partial charge in [0.05, 0.1) is 59.5 Å². The Labute approximate surface area is 434 Å². The molecule has 0 aliphatic carbocycles. The summed E-state index contributed by atoms with van der Waals surface area (Å²) in [4.78, 5) is 115. The van der Waals surface area contributed by atoms with E-state index in [1.807, 2.05) is 0 Å². The lowest BCUT2D eigenvalue weighted by Crippen LogP contribution is -2.57. The van der Waals surface area contributed by atoms with Crippen LogP contribution in [-0.2, 0) is 30.4 Å². The van der Waals surface area contributed by atoms with Crippen LogP contribution in [0.4, 0.5) is 5.82 Å². The fourth-order valence-electron chi connectivity index (χ4n) is 6.99. The summed E-state index contributed by atoms with van der Waals surface area (Å²) in [5.41, 5.74) is 28.6. The molecule has 0 saturated heterocycles. The standard InChI is InChI=1S/C44H68N18O10S2/c1-20-31(59-38(62-36(20)48)25(14-29(47)64)54-15-24(46)37(49)67)42(71)61-33(35(66)26-16-51-19-55-26)43(72)56-22(3)34(65)21(2)39(68)60-32(23(4)63)41(70)53-13-8-30-57-28(18-73-30)44-58-27(17-74-44)40(69)52-12-7-11-50-10-6-5-9-45/h16-19,21-25,32-35,50,54,63,65-66H,5-15,45-46H2,1-4H3,(H2,47,64)(H2,49,67)(H,51,55)(H,52,69)(H,53,70)(H,56,72)(H,60,68)(H,61,71)(H2,48,59,62)/t21-,22+,23+,24-,25-,32-,33-,34-,35-/m0/s1. The van der Waals surface area contributed by atoms with E-state index in [0.29, 0.717) is 28.8 Å². The van der Waals surface area contributed by atoms with E-state index in [4.69, 9.17) is 28.7 Å². The second-order valence-corrected chi connectivity index (χ2v) is 19.1. The molecule has 0 aliphatic rings. The number of nitrogen functional groups attached to an aromatic ring is 1. The first-order chi connectivity index (χ1) is 35.1. The van der Waals surface area contributed by atoms with Crippen LogP contribution in [-0.4, -0.2) is 162 Å². The van der Waals surface area contributed by atoms with Gasteiger partial charge in [0.25, 0.3) is 11.8 Å². The van der Waals surface area contributed by atoms with Gasteiger partial charge in [0.1, 0.15) is 51.9 Å². The van der Waals surface area contributed by atoms with Crippen LogP contribution in [0.25, 0.3) is 10.7 Å². The number of unbranched alkanes of at least 4 members (excludes halogenated alkanes) is 1. The number of anilines is 1. The molecule has 406 valence electrons. The molecule has 74 heavy (non-hydrogen) atoms. The molecule has 30 heteroatoms. The van der Waals surface area contributed by atoms with Crippen molar-refractivity contribution in [2.45, 2.75) is 108 Å². The van der Waals surface area contributed by atoms with Crippen molar-refractivity contribution < 1.29 is 48.9 Å². The molecular formula is C44H68N18O10S2. The number of carbonyl (C=O) groups excluding carboxylic acids is 7. The van der Waals surface area contributed by atoms with Crippen molar-refractivity contribution in [1.29, 1.82) is 0 Å². The van der Waals surface area contributed by atoms with Gasteiger partial charge in [0.2, 0.25) is 29.5 Å². The Balaban J connectivity index is 1.35. The van der Waals surface area contributed by atoms with Crippen LogP contribution >= 0.6 is 22.7 Å². The summed E-state index contributed by atoms with van der Waals surface area (Å²) in [5.74, 6) is -7.32. The molecule has 4 aromatic heterocycles. The van der Waals surface area contributed by atoms with Crippen molar-refractivity contribution >= 4 is 69.8 Å². The number of aromatic nitrogens is 6. The summed E-state index contributed by atoms with van der Waals surface area (Å²) in [5, 5.41) is 56.8. The number of nitrogens with two attached hydrogens (primary N) is 5. The van der Waals surface area contributed by atoms with Crippen LogP contribution in [0, 0.1) is 12.8 Å². The third-order valence-corrected chi connectivity index (χ3v) is 13.2. The lowest BCUT2D eigenvalue weighted by atomic mass is 9.96. The monoisotopic (exact) mass is 1070 g/mol. The fraction of sp³-hybridized carbons (Fsp3) is 0.545. The van der Waals surface area contributed by atoms with Gasteiger partial charge >= 0.3 is 0 Å². The normalized spacial score (nSPS) is 15.0. The maximum atomic E-state index is 13.9. The average molecular weight is 1070 g/mol. The summed E-state index contributed by atoms with van der Waals surface area (Å²) in [6.07, 6.45) is 0.217. The highest BCUT2D eigenvalue weighted by atomic mass is 32.1. The number of imidazole rings is 1. The van der Waals surface area contributed by atoms with Crippen molar-refractivity contribution in [3.05, 3.63) is 56.8 Å². The van der Waals surface area contributed by atoms with Crippen molar-refractivity contribution in [3.63, 3.8) is 0 Å². The molecule has 4 aromatic rings. The molecule has 0 saturated carbocycles. The van der Waals surface area contributed by atoms with Crippen molar-refractivity contribution in [2.24, 2.45) is 28.9 Å². The number of hydrogen-bond acceptors (Lipinski definition) is 22. The van der Waals surface area contributed by atoms with Gasteiger partial charge in [0.15, 0.2) is 0 Å². The van der Waals surface area contributed by atoms with Crippen molar-refractivity contribution in [2.75, 3.05) is 45.0 Å². The molecule has 21 N–H and O–H groups in total. The first-order valence-electron chi connectivity index (χ1n) is 23.6. The Morgan fingerprint density at radius 3 is 2.19 bits per heavy atom. The molecule has 0 aromatic carbocycles. The zero-order valence-corrected chi connectivity index (χ0v) is 43.1. The molecule has 0 fully saturated rings. The van der Waals surface area contributed by atoms with Gasteiger partial charge in [-0.25, -0.2) is 24.9 Å². The van der Waals surface area contributed by atoms with Gasteiger partial charge in [0, 0.05) is 48.8 Å². The largest absolute Gasteiger partial charge is 0.391 e. The molecule has 4 heterocycles. The number of aliphatic hydroxyl groups is 3. The second-order valence-electron chi connectivity index (χ2n) is 17.3. The minimum Gasteiger partial charge on any atom is -0.391 e. The van der Waals surface area contributed by atoms with E-state index in [0.717, 1.165) is 32.4 Å². The van der Waals surface area contributed by atoms with Crippen LogP contribution in [0.15, 0.2) is 23.3 Å². The summed E-state index contributed by atoms with van der Waals surface area (Å²) in [6, 6.07) is -6.79. The molecule has 0 unspecified atom stereocenters. The summed E-state index contributed by atoms with van der Waals surface area (Å²) in [6.45, 7) is 8.01. The predicted octanol–water partition coefficient (Wildman–Crippen LogP) is -4.00. The SMILES string of the molecule is Cc1c(N)nc([C@H](CC(N)=O)NC[C@H](N)C(N)=O)nc1C(=O)N[C@H](C(=O)N[C@H](C)[C@@H](O)[C@H](C)C(=O)N[C@H](C(=O)NCCc1nc(-c2nc(C(=O)NCCCNCCCCN)cs2)cs1)[C@@H](C)O)[C@@H](O)c1cnc[nH]1. The van der Waals surface area contributed by atoms with Gasteiger partial charge < -0.3 is 86.2 Å². The number of H-pyrrole nitrogens is 1. The Morgan fingerprint density at radius 2 is 1.53 bits per heavy atom. The van der Waals surface area contributed by atoms with E-state index < -0.39 is 96.3 Å². The summed E-state index contributed by atoms with van der Waals surface area (Å²) < 4.78 is 0. The number of aromatic amines is 1. The Hall–Kier alpha value is -6.64. The predicted molar refractivity (Wildman–Crippen MR) is 272 cm³/mol. The van der Waals surface area contributed by atoms with Crippen LogP contribution < -0.4 is 65.9 Å². The van der Waals surface area contributed by atoms with Gasteiger partial charge in [-0.2, -0.15) is 0 Å². The highest BCUT2D eigenvalue weighted by molar-refractivity contribution is 7.14. The number of nitrogens with one attached hydrogen (secondary N) is 8. The molecule has 28 nitrogen and oxygen atoms in total. The summed E-state index contributed by atoms with van der Waals surface area (Å²) in [7, 11) is 0. The first-order valence-corrected chi connectivity index (χ1v) is 25.4. The van der Waals surface area contributed by atoms with Crippen molar-refractivity contribution in [1.82, 2.24) is 67.1 Å². The minimum atomic E-state index is -1.81. The number of carbonyl (C=O) groups is 7. The number of primary amides is 2. The number of amides is 7. The molecule has 7 amide bonds. The lowest BCUT2D eigenvalue weighted by molar-refractivity contribution is -0.136. The number of aliphatic hydroxyl groups excluding tert-OH is 3. The molecule has 0 bridgehead atoms. The first kappa shape index (κ1) is 59.9. The molecule has 9 atom stereocenters. The third kappa shape index (κ3) is 17.8. The molecular weight excluding hydrogens is 1000 g/mol. The highest BCUT2D eigenvalue weighted by Crippen LogP contribution is 2.26. The van der Waals surface area contributed by atoms with Gasteiger partial charge in [-0.05, 0) is 59.7 Å². The molecule has 0 aliphatic heterocycles. The lowest BCUT2D eigenvalue weighted by Gasteiger charge is -2.30. The van der Waals surface area contributed by atoms with E-state index in [1.165, 1.54) is 62.9 Å². The van der Waals surface area contributed by atoms with Gasteiger partial charge in [-0.1, -0.05) is 6.92 Å². The Morgan fingerprint density at radius 1 is 0.797 bits per heavy atom. The number of hydrogen-bond donors (Lipinski definition) is 16. The maximum absolute atomic E-state index is 13.9. The van der Waals surface area contributed by atoms with Gasteiger partial charge in [-0.3, -0.25) is 33.6 Å².